The van der Waals surface area contributed by atoms with Crippen LogP contribution in [0.15, 0.2) is 22.7 Å². The zero-order valence-corrected chi connectivity index (χ0v) is 11.6. The summed E-state index contributed by atoms with van der Waals surface area (Å²) in [5.41, 5.74) is 1.04. The Kier molecular flexibility index (Phi) is 4.54. The average molecular weight is 301 g/mol. The molecule has 1 aliphatic rings. The van der Waals surface area contributed by atoms with Crippen molar-refractivity contribution in [3.63, 3.8) is 0 Å². The summed E-state index contributed by atoms with van der Waals surface area (Å²) in [6, 6.07) is 5.11. The molecule has 1 saturated heterocycles. The second-order valence-electron chi connectivity index (χ2n) is 4.73. The van der Waals surface area contributed by atoms with E-state index in [0.717, 1.165) is 42.1 Å². The Bertz CT molecular complexity index is 363. The molecule has 2 rings (SSSR count). The van der Waals surface area contributed by atoms with Gasteiger partial charge >= 0.3 is 0 Å². The Labute approximate surface area is 110 Å². The second-order valence-corrected chi connectivity index (χ2v) is 5.64. The van der Waals surface area contributed by atoms with E-state index in [9.17, 15) is 4.39 Å². The lowest BCUT2D eigenvalue weighted by atomic mass is 10.1. The molecule has 0 saturated carbocycles. The molecule has 4 heteroatoms. The Balaban J connectivity index is 1.93. The third kappa shape index (κ3) is 3.76. The van der Waals surface area contributed by atoms with Crippen molar-refractivity contribution in [2.24, 2.45) is 5.92 Å². The number of nitrogens with zero attached hydrogens (tertiary/aromatic N) is 1. The van der Waals surface area contributed by atoms with Crippen LogP contribution in [-0.2, 0) is 6.54 Å². The predicted molar refractivity (Wildman–Crippen MR) is 71.4 cm³/mol. The molecular formula is C13H18BrFN2. The first-order chi connectivity index (χ1) is 8.17. The van der Waals surface area contributed by atoms with E-state index in [1.54, 1.807) is 6.07 Å². The van der Waals surface area contributed by atoms with Gasteiger partial charge in [-0.2, -0.15) is 0 Å². The predicted octanol–water partition coefficient (Wildman–Crippen LogP) is 2.63. The quantitative estimate of drug-likeness (QED) is 0.920. The molecule has 17 heavy (non-hydrogen) atoms. The van der Waals surface area contributed by atoms with Gasteiger partial charge in [-0.3, -0.25) is 4.90 Å². The van der Waals surface area contributed by atoms with Crippen LogP contribution in [0.3, 0.4) is 0 Å². The molecule has 1 fully saturated rings. The molecule has 1 heterocycles. The van der Waals surface area contributed by atoms with Crippen molar-refractivity contribution in [3.8, 4) is 0 Å². The first kappa shape index (κ1) is 13.0. The van der Waals surface area contributed by atoms with Gasteiger partial charge in [-0.1, -0.05) is 15.9 Å². The molecule has 1 N–H and O–H groups in total. The van der Waals surface area contributed by atoms with Crippen LogP contribution >= 0.6 is 15.9 Å². The third-order valence-electron chi connectivity index (χ3n) is 3.19. The van der Waals surface area contributed by atoms with Crippen LogP contribution in [-0.4, -0.2) is 31.6 Å². The molecule has 0 bridgehead atoms. The van der Waals surface area contributed by atoms with Crippen LogP contribution in [0.1, 0.15) is 12.0 Å². The highest BCUT2D eigenvalue weighted by Crippen LogP contribution is 2.20. The summed E-state index contributed by atoms with van der Waals surface area (Å²) in [5.74, 6) is 0.567. The summed E-state index contributed by atoms with van der Waals surface area (Å²) in [6.45, 7) is 4.13. The summed E-state index contributed by atoms with van der Waals surface area (Å²) >= 11 is 3.33. The van der Waals surface area contributed by atoms with E-state index in [1.807, 2.05) is 13.1 Å². The average Bonchev–Trinajstić information content (AvgIpc) is 2.64. The SMILES string of the molecule is CNCC1CCN(Cc2cc(F)cc(Br)c2)C1. The lowest BCUT2D eigenvalue weighted by Gasteiger charge is -2.16. The number of likely N-dealkylation sites (tertiary alicyclic amines) is 1. The molecule has 1 aliphatic heterocycles. The smallest absolute Gasteiger partial charge is 0.124 e. The number of hydrogen-bond donors (Lipinski definition) is 1. The van der Waals surface area contributed by atoms with Crippen LogP contribution in [0.4, 0.5) is 4.39 Å². The second kappa shape index (κ2) is 5.94. The molecule has 1 aromatic rings. The Morgan fingerprint density at radius 3 is 3.00 bits per heavy atom. The van der Waals surface area contributed by atoms with Gasteiger partial charge in [0.1, 0.15) is 5.82 Å². The number of halogens is 2. The summed E-state index contributed by atoms with van der Waals surface area (Å²) in [6.07, 6.45) is 1.23. The molecule has 0 aliphatic carbocycles. The summed E-state index contributed by atoms with van der Waals surface area (Å²) in [5, 5.41) is 3.22. The van der Waals surface area contributed by atoms with Gasteiger partial charge < -0.3 is 5.32 Å². The van der Waals surface area contributed by atoms with E-state index in [4.69, 9.17) is 0 Å². The lowest BCUT2D eigenvalue weighted by Crippen LogP contribution is -2.24. The van der Waals surface area contributed by atoms with Crippen molar-refractivity contribution in [2.75, 3.05) is 26.7 Å². The maximum atomic E-state index is 13.2. The highest BCUT2D eigenvalue weighted by molar-refractivity contribution is 9.10. The molecule has 0 aromatic heterocycles. The molecule has 0 amide bonds. The number of hydrogen-bond acceptors (Lipinski definition) is 2. The Hall–Kier alpha value is -0.450. The molecule has 0 spiro atoms. The summed E-state index contributed by atoms with van der Waals surface area (Å²) in [7, 11) is 1.99. The Morgan fingerprint density at radius 1 is 1.47 bits per heavy atom. The van der Waals surface area contributed by atoms with Crippen LogP contribution < -0.4 is 5.32 Å². The fourth-order valence-electron chi connectivity index (χ4n) is 2.47. The van der Waals surface area contributed by atoms with Gasteiger partial charge in [0, 0.05) is 17.6 Å². The maximum absolute atomic E-state index is 13.2. The third-order valence-corrected chi connectivity index (χ3v) is 3.65. The normalized spacial score (nSPS) is 21.0. The van der Waals surface area contributed by atoms with Crippen molar-refractivity contribution in [2.45, 2.75) is 13.0 Å². The molecule has 0 radical (unpaired) electrons. The highest BCUT2D eigenvalue weighted by Gasteiger charge is 2.21. The first-order valence-corrected chi connectivity index (χ1v) is 6.78. The topological polar surface area (TPSA) is 15.3 Å². The Morgan fingerprint density at radius 2 is 2.29 bits per heavy atom. The fraction of sp³-hybridized carbons (Fsp3) is 0.538. The van der Waals surface area contributed by atoms with Crippen molar-refractivity contribution in [1.82, 2.24) is 10.2 Å². The van der Waals surface area contributed by atoms with Gasteiger partial charge in [0.25, 0.3) is 0 Å². The zero-order chi connectivity index (χ0) is 12.3. The minimum atomic E-state index is -0.166. The van der Waals surface area contributed by atoms with E-state index in [0.29, 0.717) is 0 Å². The maximum Gasteiger partial charge on any atom is 0.124 e. The van der Waals surface area contributed by atoms with E-state index < -0.39 is 0 Å². The van der Waals surface area contributed by atoms with E-state index in [-0.39, 0.29) is 5.82 Å². The van der Waals surface area contributed by atoms with Crippen LogP contribution in [0.2, 0.25) is 0 Å². The molecule has 2 nitrogen and oxygen atoms in total. The molecule has 1 unspecified atom stereocenters. The van der Waals surface area contributed by atoms with E-state index >= 15 is 0 Å². The minimum Gasteiger partial charge on any atom is -0.319 e. The van der Waals surface area contributed by atoms with Gasteiger partial charge in [-0.15, -0.1) is 0 Å². The van der Waals surface area contributed by atoms with Crippen LogP contribution in [0.25, 0.3) is 0 Å². The molecular weight excluding hydrogens is 283 g/mol. The van der Waals surface area contributed by atoms with Gasteiger partial charge in [-0.25, -0.2) is 4.39 Å². The minimum absolute atomic E-state index is 0.166. The zero-order valence-electron chi connectivity index (χ0n) is 10.0. The molecule has 1 aromatic carbocycles. The van der Waals surface area contributed by atoms with Crippen molar-refractivity contribution in [1.29, 1.82) is 0 Å². The summed E-state index contributed by atoms with van der Waals surface area (Å²) in [4.78, 5) is 2.39. The van der Waals surface area contributed by atoms with Gasteiger partial charge in [0.2, 0.25) is 0 Å². The molecule has 94 valence electrons. The van der Waals surface area contributed by atoms with Crippen LogP contribution in [0.5, 0.6) is 0 Å². The standard InChI is InChI=1S/C13H18BrFN2/c1-16-7-10-2-3-17(8-10)9-11-4-12(14)6-13(15)5-11/h4-6,10,16H,2-3,7-9H2,1H3. The van der Waals surface area contributed by atoms with Crippen molar-refractivity contribution >= 4 is 15.9 Å². The summed E-state index contributed by atoms with van der Waals surface area (Å²) < 4.78 is 14.1. The van der Waals surface area contributed by atoms with Gasteiger partial charge in [-0.05, 0) is 56.2 Å². The highest BCUT2D eigenvalue weighted by atomic mass is 79.9. The van der Waals surface area contributed by atoms with Gasteiger partial charge in [0.05, 0.1) is 0 Å². The first-order valence-electron chi connectivity index (χ1n) is 5.99. The number of benzene rings is 1. The van der Waals surface area contributed by atoms with Gasteiger partial charge in [0.15, 0.2) is 0 Å². The largest absolute Gasteiger partial charge is 0.319 e. The van der Waals surface area contributed by atoms with Crippen LogP contribution in [0, 0.1) is 11.7 Å². The van der Waals surface area contributed by atoms with Crippen molar-refractivity contribution < 1.29 is 4.39 Å². The monoisotopic (exact) mass is 300 g/mol. The number of rotatable bonds is 4. The lowest BCUT2D eigenvalue weighted by molar-refractivity contribution is 0.315. The molecule has 1 atom stereocenters. The van der Waals surface area contributed by atoms with E-state index in [1.165, 1.54) is 12.5 Å². The fourth-order valence-corrected chi connectivity index (χ4v) is 2.98. The van der Waals surface area contributed by atoms with E-state index in [2.05, 4.69) is 26.1 Å². The number of nitrogens with one attached hydrogen (secondary N) is 1. The van der Waals surface area contributed by atoms with Crippen molar-refractivity contribution in [3.05, 3.63) is 34.1 Å².